The first-order valence-electron chi connectivity index (χ1n) is 12.0. The van der Waals surface area contributed by atoms with Gasteiger partial charge in [0.2, 0.25) is 0 Å². The highest BCUT2D eigenvalue weighted by Crippen LogP contribution is 2.37. The van der Waals surface area contributed by atoms with Crippen LogP contribution in [-0.4, -0.2) is 48.3 Å². The smallest absolute Gasteiger partial charge is 0.336 e. The van der Waals surface area contributed by atoms with E-state index in [2.05, 4.69) is 33.1 Å². The molecule has 0 aliphatic heterocycles. The van der Waals surface area contributed by atoms with E-state index in [9.17, 15) is 9.90 Å². The van der Waals surface area contributed by atoms with Crippen LogP contribution in [0.4, 0.5) is 5.82 Å². The molecule has 5 rings (SSSR count). The molecule has 1 aliphatic carbocycles. The Morgan fingerprint density at radius 3 is 2.71 bits per heavy atom. The van der Waals surface area contributed by atoms with Gasteiger partial charge < -0.3 is 15.2 Å². The van der Waals surface area contributed by atoms with Crippen molar-refractivity contribution in [1.82, 2.24) is 24.5 Å². The van der Waals surface area contributed by atoms with Crippen molar-refractivity contribution in [1.29, 1.82) is 0 Å². The molecule has 0 saturated heterocycles. The molecule has 4 aromatic rings. The fourth-order valence-corrected chi connectivity index (χ4v) is 4.91. The average molecular weight is 475 g/mol. The van der Waals surface area contributed by atoms with Crippen LogP contribution in [-0.2, 0) is 7.05 Å². The predicted octanol–water partition coefficient (Wildman–Crippen LogP) is 4.83. The lowest BCUT2D eigenvalue weighted by molar-refractivity contribution is 0.0694. The Hall–Kier alpha value is -3.88. The van der Waals surface area contributed by atoms with Gasteiger partial charge in [-0.15, -0.1) is 0 Å². The van der Waals surface area contributed by atoms with Crippen LogP contribution in [0.1, 0.15) is 54.6 Å². The standard InChI is InChI=1S/C26H30N6O3/c1-4-27-24-12-22-21(14-28-24)25(17-13-29-31(3)15-17)30-32(22)18-8-10-19(11-9-18)35-23-7-5-6-20(16(23)2)26(33)34/h5-7,12-15,18-19H,4,8-11H2,1-3H3,(H,27,28)(H,33,34). The molecule has 0 radical (unpaired) electrons. The summed E-state index contributed by atoms with van der Waals surface area (Å²) in [6, 6.07) is 7.52. The van der Waals surface area contributed by atoms with Crippen LogP contribution >= 0.6 is 0 Å². The zero-order chi connectivity index (χ0) is 24.5. The molecule has 2 N–H and O–H groups in total. The van der Waals surface area contributed by atoms with Crippen molar-refractivity contribution in [2.45, 2.75) is 51.7 Å². The number of ether oxygens (including phenoxy) is 1. The second-order valence-corrected chi connectivity index (χ2v) is 9.10. The third-order valence-electron chi connectivity index (χ3n) is 6.73. The summed E-state index contributed by atoms with van der Waals surface area (Å²) in [5.41, 5.74) is 3.88. The fourth-order valence-electron chi connectivity index (χ4n) is 4.91. The van der Waals surface area contributed by atoms with Gasteiger partial charge in [0, 0.05) is 48.6 Å². The number of aromatic carboxylic acids is 1. The molecule has 0 atom stereocenters. The van der Waals surface area contributed by atoms with Crippen molar-refractivity contribution in [2.75, 3.05) is 11.9 Å². The topological polar surface area (TPSA) is 107 Å². The van der Waals surface area contributed by atoms with E-state index in [1.54, 1.807) is 23.7 Å². The number of hydrogen-bond acceptors (Lipinski definition) is 6. The van der Waals surface area contributed by atoms with Gasteiger partial charge in [0.1, 0.15) is 17.3 Å². The number of aromatic nitrogens is 5. The summed E-state index contributed by atoms with van der Waals surface area (Å²) in [5, 5.41) is 23.1. The first-order chi connectivity index (χ1) is 16.9. The molecule has 0 bridgehead atoms. The molecule has 0 unspecified atom stereocenters. The minimum atomic E-state index is -0.932. The molecule has 1 aromatic carbocycles. The second-order valence-electron chi connectivity index (χ2n) is 9.10. The van der Waals surface area contributed by atoms with Crippen molar-refractivity contribution in [3.63, 3.8) is 0 Å². The maximum atomic E-state index is 11.5. The maximum Gasteiger partial charge on any atom is 0.336 e. The van der Waals surface area contributed by atoms with Gasteiger partial charge in [-0.3, -0.25) is 9.36 Å². The lowest BCUT2D eigenvalue weighted by Gasteiger charge is -2.30. The number of carbonyl (C=O) groups is 1. The lowest BCUT2D eigenvalue weighted by atomic mass is 9.92. The van der Waals surface area contributed by atoms with Gasteiger partial charge in [0.15, 0.2) is 0 Å². The first-order valence-corrected chi connectivity index (χ1v) is 12.0. The molecule has 9 heteroatoms. The summed E-state index contributed by atoms with van der Waals surface area (Å²) in [6.45, 7) is 4.66. The molecule has 3 aromatic heterocycles. The number of anilines is 1. The number of pyridine rings is 1. The SMILES string of the molecule is CCNc1cc2c(cn1)c(-c1cnn(C)c1)nn2C1CCC(Oc2cccc(C(=O)O)c2C)CC1. The van der Waals surface area contributed by atoms with E-state index >= 15 is 0 Å². The quantitative estimate of drug-likeness (QED) is 0.395. The van der Waals surface area contributed by atoms with Gasteiger partial charge in [-0.25, -0.2) is 9.78 Å². The Bertz CT molecular complexity index is 1370. The van der Waals surface area contributed by atoms with E-state index in [-0.39, 0.29) is 17.7 Å². The predicted molar refractivity (Wildman–Crippen MR) is 134 cm³/mol. The largest absolute Gasteiger partial charge is 0.490 e. The highest BCUT2D eigenvalue weighted by Gasteiger charge is 2.27. The molecule has 0 spiro atoms. The zero-order valence-corrected chi connectivity index (χ0v) is 20.2. The van der Waals surface area contributed by atoms with Crippen molar-refractivity contribution in [3.05, 3.63) is 54.0 Å². The van der Waals surface area contributed by atoms with E-state index < -0.39 is 5.97 Å². The third-order valence-corrected chi connectivity index (χ3v) is 6.73. The number of fused-ring (bicyclic) bond motifs is 1. The molecule has 1 saturated carbocycles. The van der Waals surface area contributed by atoms with Crippen LogP contribution in [0.3, 0.4) is 0 Å². The Kier molecular flexibility index (Phi) is 6.15. The molecular formula is C26H30N6O3. The molecular weight excluding hydrogens is 444 g/mol. The van der Waals surface area contributed by atoms with Crippen LogP contribution in [0.25, 0.3) is 22.2 Å². The van der Waals surface area contributed by atoms with Crippen molar-refractivity contribution >= 4 is 22.7 Å². The molecule has 9 nitrogen and oxygen atoms in total. The molecule has 1 aliphatic rings. The third kappa shape index (κ3) is 4.45. The number of nitrogens with one attached hydrogen (secondary N) is 1. The van der Waals surface area contributed by atoms with Crippen molar-refractivity contribution in [2.24, 2.45) is 7.05 Å². The Balaban J connectivity index is 1.39. The van der Waals surface area contributed by atoms with Gasteiger partial charge in [-0.1, -0.05) is 6.07 Å². The van der Waals surface area contributed by atoms with E-state index in [1.165, 1.54) is 0 Å². The van der Waals surface area contributed by atoms with Gasteiger partial charge in [0.25, 0.3) is 0 Å². The second kappa shape index (κ2) is 9.40. The average Bonchev–Trinajstić information content (AvgIpc) is 3.44. The van der Waals surface area contributed by atoms with E-state index in [0.29, 0.717) is 11.3 Å². The van der Waals surface area contributed by atoms with Crippen molar-refractivity contribution < 1.29 is 14.6 Å². The number of aryl methyl sites for hydroxylation is 1. The molecule has 3 heterocycles. The summed E-state index contributed by atoms with van der Waals surface area (Å²) in [4.78, 5) is 16.0. The molecule has 35 heavy (non-hydrogen) atoms. The summed E-state index contributed by atoms with van der Waals surface area (Å²) >= 11 is 0. The number of carboxylic acid groups (broad SMARTS) is 1. The molecule has 182 valence electrons. The van der Waals surface area contributed by atoms with Crippen LogP contribution in [0.5, 0.6) is 5.75 Å². The van der Waals surface area contributed by atoms with Gasteiger partial charge in [-0.2, -0.15) is 10.2 Å². The fraction of sp³-hybridized carbons (Fsp3) is 0.385. The molecule has 1 fully saturated rings. The van der Waals surface area contributed by atoms with Gasteiger partial charge in [-0.05, 0) is 51.7 Å². The van der Waals surface area contributed by atoms with Crippen LogP contribution in [0, 0.1) is 6.92 Å². The van der Waals surface area contributed by atoms with Crippen LogP contribution in [0.2, 0.25) is 0 Å². The van der Waals surface area contributed by atoms with E-state index in [1.807, 2.05) is 31.7 Å². The Labute approximate surface area is 203 Å². The normalized spacial score (nSPS) is 18.0. The molecule has 0 amide bonds. The number of rotatable bonds is 7. The van der Waals surface area contributed by atoms with Gasteiger partial charge in [0.05, 0.1) is 29.4 Å². The van der Waals surface area contributed by atoms with Gasteiger partial charge >= 0.3 is 5.97 Å². The maximum absolute atomic E-state index is 11.5. The number of carboxylic acids is 1. The summed E-state index contributed by atoms with van der Waals surface area (Å²) in [5.74, 6) is 0.556. The zero-order valence-electron chi connectivity index (χ0n) is 20.2. The monoisotopic (exact) mass is 474 g/mol. The summed E-state index contributed by atoms with van der Waals surface area (Å²) < 4.78 is 10.2. The highest BCUT2D eigenvalue weighted by molar-refractivity contribution is 5.93. The summed E-state index contributed by atoms with van der Waals surface area (Å²) in [6.07, 6.45) is 9.34. The lowest BCUT2D eigenvalue weighted by Crippen LogP contribution is -2.26. The highest BCUT2D eigenvalue weighted by atomic mass is 16.5. The Morgan fingerprint density at radius 1 is 1.23 bits per heavy atom. The Morgan fingerprint density at radius 2 is 2.03 bits per heavy atom. The van der Waals surface area contributed by atoms with E-state index in [0.717, 1.165) is 60.2 Å². The minimum absolute atomic E-state index is 0.0487. The van der Waals surface area contributed by atoms with Crippen LogP contribution in [0.15, 0.2) is 42.9 Å². The minimum Gasteiger partial charge on any atom is -0.490 e. The number of nitrogens with zero attached hydrogens (tertiary/aromatic N) is 5. The number of benzene rings is 1. The summed E-state index contributed by atoms with van der Waals surface area (Å²) in [7, 11) is 1.90. The first kappa shape index (κ1) is 22.9. The van der Waals surface area contributed by atoms with E-state index in [4.69, 9.17) is 9.84 Å². The van der Waals surface area contributed by atoms with Crippen molar-refractivity contribution in [3.8, 4) is 17.0 Å². The van der Waals surface area contributed by atoms with Crippen LogP contribution < -0.4 is 10.1 Å². The number of hydrogen-bond donors (Lipinski definition) is 2.